The number of ether oxygens (including phenoxy) is 1. The summed E-state index contributed by atoms with van der Waals surface area (Å²) in [6, 6.07) is 3.66. The Morgan fingerprint density at radius 3 is 2.78 bits per heavy atom. The van der Waals surface area contributed by atoms with Crippen LogP contribution in [0.25, 0.3) is 11.4 Å². The van der Waals surface area contributed by atoms with Crippen LogP contribution >= 0.6 is 0 Å². The summed E-state index contributed by atoms with van der Waals surface area (Å²) in [4.78, 5) is 22.2. The highest BCUT2D eigenvalue weighted by molar-refractivity contribution is 5.68. The minimum Gasteiger partial charge on any atom is -0.444 e. The van der Waals surface area contributed by atoms with Crippen LogP contribution in [0.2, 0.25) is 0 Å². The number of likely N-dealkylation sites (tertiary alicyclic amines) is 1. The van der Waals surface area contributed by atoms with Crippen LogP contribution in [0.5, 0.6) is 0 Å². The monoisotopic (exact) mass is 316 g/mol. The Labute approximate surface area is 134 Å². The van der Waals surface area contributed by atoms with E-state index in [1.807, 2.05) is 32.9 Å². The van der Waals surface area contributed by atoms with Gasteiger partial charge in [-0.15, -0.1) is 0 Å². The van der Waals surface area contributed by atoms with Gasteiger partial charge in [-0.2, -0.15) is 4.98 Å². The quantitative estimate of drug-likeness (QED) is 0.847. The molecule has 1 unspecified atom stereocenters. The fourth-order valence-corrected chi connectivity index (χ4v) is 2.47. The van der Waals surface area contributed by atoms with Gasteiger partial charge in [0.25, 0.3) is 0 Å². The van der Waals surface area contributed by atoms with E-state index >= 15 is 0 Å². The van der Waals surface area contributed by atoms with Crippen molar-refractivity contribution < 1.29 is 14.1 Å². The Balaban J connectivity index is 1.66. The average Bonchev–Trinajstić information content (AvgIpc) is 3.16. The van der Waals surface area contributed by atoms with Gasteiger partial charge in [0.15, 0.2) is 0 Å². The van der Waals surface area contributed by atoms with Crippen molar-refractivity contribution in [1.82, 2.24) is 20.0 Å². The molecule has 0 aromatic carbocycles. The number of amides is 1. The maximum absolute atomic E-state index is 12.1. The maximum Gasteiger partial charge on any atom is 0.410 e. The molecule has 7 heteroatoms. The second-order valence-electron chi connectivity index (χ2n) is 6.60. The number of carbonyl (C=O) groups is 1. The first-order valence-corrected chi connectivity index (χ1v) is 7.64. The van der Waals surface area contributed by atoms with Gasteiger partial charge in [0, 0.05) is 31.0 Å². The van der Waals surface area contributed by atoms with Crippen molar-refractivity contribution in [3.8, 4) is 11.4 Å². The molecule has 122 valence electrons. The second kappa shape index (κ2) is 5.98. The number of hydrogen-bond acceptors (Lipinski definition) is 6. The second-order valence-corrected chi connectivity index (χ2v) is 6.60. The van der Waals surface area contributed by atoms with E-state index in [1.54, 1.807) is 17.3 Å². The van der Waals surface area contributed by atoms with E-state index in [2.05, 4.69) is 15.1 Å². The van der Waals surface area contributed by atoms with Gasteiger partial charge in [-0.1, -0.05) is 5.16 Å². The highest BCUT2D eigenvalue weighted by atomic mass is 16.6. The molecular weight excluding hydrogens is 296 g/mol. The molecule has 2 aromatic rings. The highest BCUT2D eigenvalue weighted by Crippen LogP contribution is 2.28. The lowest BCUT2D eigenvalue weighted by Crippen LogP contribution is -2.35. The van der Waals surface area contributed by atoms with Crippen LogP contribution in [-0.2, 0) is 4.74 Å². The molecule has 1 fully saturated rings. The summed E-state index contributed by atoms with van der Waals surface area (Å²) in [5, 5.41) is 4.01. The molecule has 1 atom stereocenters. The summed E-state index contributed by atoms with van der Waals surface area (Å²) in [6.45, 7) is 6.74. The van der Waals surface area contributed by atoms with Crippen LogP contribution in [0, 0.1) is 0 Å². The Kier molecular flexibility index (Phi) is 4.02. The van der Waals surface area contributed by atoms with E-state index in [1.165, 1.54) is 0 Å². The Hall–Kier alpha value is -2.44. The Bertz CT molecular complexity index is 678. The smallest absolute Gasteiger partial charge is 0.410 e. The van der Waals surface area contributed by atoms with E-state index < -0.39 is 5.60 Å². The van der Waals surface area contributed by atoms with Gasteiger partial charge >= 0.3 is 6.09 Å². The predicted octanol–water partition coefficient (Wildman–Crippen LogP) is 2.86. The molecule has 7 nitrogen and oxygen atoms in total. The number of rotatable bonds is 2. The SMILES string of the molecule is CC(C)(C)OC(=O)N1CCC(c2nc(-c3ccncc3)no2)C1. The van der Waals surface area contributed by atoms with Gasteiger partial charge in [0.2, 0.25) is 11.7 Å². The molecule has 0 radical (unpaired) electrons. The first-order valence-electron chi connectivity index (χ1n) is 7.64. The predicted molar refractivity (Wildman–Crippen MR) is 82.7 cm³/mol. The summed E-state index contributed by atoms with van der Waals surface area (Å²) in [5.41, 5.74) is 0.366. The van der Waals surface area contributed by atoms with Crippen molar-refractivity contribution in [2.24, 2.45) is 0 Å². The van der Waals surface area contributed by atoms with Gasteiger partial charge in [-0.05, 0) is 39.3 Å². The van der Waals surface area contributed by atoms with Gasteiger partial charge in [0.1, 0.15) is 5.60 Å². The molecule has 2 aromatic heterocycles. The van der Waals surface area contributed by atoms with Gasteiger partial charge < -0.3 is 14.2 Å². The van der Waals surface area contributed by atoms with E-state index in [0.717, 1.165) is 12.0 Å². The normalized spacial score (nSPS) is 18.2. The summed E-state index contributed by atoms with van der Waals surface area (Å²) in [7, 11) is 0. The molecule has 1 amide bonds. The number of nitrogens with zero attached hydrogens (tertiary/aromatic N) is 4. The van der Waals surface area contributed by atoms with Gasteiger partial charge in [-0.25, -0.2) is 4.79 Å². The van der Waals surface area contributed by atoms with Crippen LogP contribution in [0.1, 0.15) is 39.0 Å². The largest absolute Gasteiger partial charge is 0.444 e. The van der Waals surface area contributed by atoms with E-state index in [-0.39, 0.29) is 12.0 Å². The summed E-state index contributed by atoms with van der Waals surface area (Å²) >= 11 is 0. The van der Waals surface area contributed by atoms with Gasteiger partial charge in [-0.3, -0.25) is 4.98 Å². The lowest BCUT2D eigenvalue weighted by molar-refractivity contribution is 0.0291. The van der Waals surface area contributed by atoms with E-state index in [4.69, 9.17) is 9.26 Å². The van der Waals surface area contributed by atoms with Crippen molar-refractivity contribution in [2.45, 2.75) is 38.7 Å². The van der Waals surface area contributed by atoms with Crippen molar-refractivity contribution >= 4 is 6.09 Å². The van der Waals surface area contributed by atoms with Crippen LogP contribution in [0.15, 0.2) is 29.0 Å². The molecule has 0 aliphatic carbocycles. The first-order chi connectivity index (χ1) is 10.9. The van der Waals surface area contributed by atoms with Crippen LogP contribution in [0.4, 0.5) is 4.79 Å². The zero-order valence-corrected chi connectivity index (χ0v) is 13.5. The molecular formula is C16H20N4O3. The topological polar surface area (TPSA) is 81.4 Å². The van der Waals surface area contributed by atoms with Crippen LogP contribution in [-0.4, -0.2) is 44.8 Å². The van der Waals surface area contributed by atoms with Crippen LogP contribution in [0.3, 0.4) is 0 Å². The zero-order chi connectivity index (χ0) is 16.4. The summed E-state index contributed by atoms with van der Waals surface area (Å²) in [5.74, 6) is 1.14. The van der Waals surface area contributed by atoms with E-state index in [9.17, 15) is 4.79 Å². The minimum absolute atomic E-state index is 0.0469. The number of carbonyl (C=O) groups excluding carboxylic acids is 1. The number of pyridine rings is 1. The lowest BCUT2D eigenvalue weighted by Gasteiger charge is -2.24. The zero-order valence-electron chi connectivity index (χ0n) is 13.5. The summed E-state index contributed by atoms with van der Waals surface area (Å²) < 4.78 is 10.8. The van der Waals surface area contributed by atoms with E-state index in [0.29, 0.717) is 24.8 Å². The minimum atomic E-state index is -0.492. The van der Waals surface area contributed by atoms with Crippen molar-refractivity contribution in [2.75, 3.05) is 13.1 Å². The summed E-state index contributed by atoms with van der Waals surface area (Å²) in [6.07, 6.45) is 3.86. The standard InChI is InChI=1S/C16H20N4O3/c1-16(2,3)22-15(21)20-9-6-12(10-20)14-18-13(19-23-14)11-4-7-17-8-5-11/h4-5,7-8,12H,6,9-10H2,1-3H3. The molecule has 3 rings (SSSR count). The Morgan fingerprint density at radius 1 is 1.35 bits per heavy atom. The molecule has 0 N–H and O–H groups in total. The maximum atomic E-state index is 12.1. The molecule has 1 aliphatic heterocycles. The van der Waals surface area contributed by atoms with Crippen molar-refractivity contribution in [1.29, 1.82) is 0 Å². The molecule has 1 aliphatic rings. The first kappa shape index (κ1) is 15.5. The third-order valence-electron chi connectivity index (χ3n) is 3.57. The molecule has 3 heterocycles. The fourth-order valence-electron chi connectivity index (χ4n) is 2.47. The third kappa shape index (κ3) is 3.67. The molecule has 0 saturated carbocycles. The molecule has 0 spiro atoms. The number of aromatic nitrogens is 3. The lowest BCUT2D eigenvalue weighted by atomic mass is 10.1. The average molecular weight is 316 g/mol. The highest BCUT2D eigenvalue weighted by Gasteiger charge is 2.33. The molecule has 23 heavy (non-hydrogen) atoms. The van der Waals surface area contributed by atoms with Crippen LogP contribution < -0.4 is 0 Å². The third-order valence-corrected chi connectivity index (χ3v) is 3.57. The number of hydrogen-bond donors (Lipinski definition) is 0. The molecule has 1 saturated heterocycles. The van der Waals surface area contributed by atoms with Gasteiger partial charge in [0.05, 0.1) is 5.92 Å². The van der Waals surface area contributed by atoms with Crippen molar-refractivity contribution in [3.63, 3.8) is 0 Å². The fraction of sp³-hybridized carbons (Fsp3) is 0.500. The van der Waals surface area contributed by atoms with Crippen molar-refractivity contribution in [3.05, 3.63) is 30.4 Å². The Morgan fingerprint density at radius 2 is 2.09 bits per heavy atom. The molecule has 0 bridgehead atoms.